The van der Waals surface area contributed by atoms with Crippen molar-refractivity contribution in [3.63, 3.8) is 0 Å². The summed E-state index contributed by atoms with van der Waals surface area (Å²) >= 11 is 0. The van der Waals surface area contributed by atoms with Crippen LogP contribution >= 0.6 is 0 Å². The van der Waals surface area contributed by atoms with E-state index in [1.54, 1.807) is 11.6 Å². The van der Waals surface area contributed by atoms with Crippen molar-refractivity contribution in [2.75, 3.05) is 0 Å². The van der Waals surface area contributed by atoms with Crippen LogP contribution in [-0.4, -0.2) is 30.4 Å². The Hall–Kier alpha value is -2.44. The van der Waals surface area contributed by atoms with E-state index in [0.29, 0.717) is 5.82 Å². The van der Waals surface area contributed by atoms with Crippen LogP contribution in [0, 0.1) is 0 Å². The van der Waals surface area contributed by atoms with Crippen LogP contribution in [0.1, 0.15) is 16.2 Å². The Morgan fingerprint density at radius 3 is 2.82 bits per heavy atom. The molecule has 88 valence electrons. The largest absolute Gasteiger partial charge is 0.478 e. The molecule has 17 heavy (non-hydrogen) atoms. The number of carboxylic acid groups (broad SMARTS) is 1. The number of aromatic nitrogens is 4. The Kier molecular flexibility index (Phi) is 2.73. The summed E-state index contributed by atoms with van der Waals surface area (Å²) in [4.78, 5) is 22.3. The van der Waals surface area contributed by atoms with Crippen LogP contribution in [0.4, 0.5) is 0 Å². The molecule has 0 amide bonds. The molecule has 0 saturated carbocycles. The lowest BCUT2D eigenvalue weighted by molar-refractivity contribution is 0.0696. The van der Waals surface area contributed by atoms with E-state index < -0.39 is 5.97 Å². The number of carboxylic acids is 1. The SMILES string of the molecule is Cn1cnnc1Cn1ccc(C(=O)O)cc1=O. The van der Waals surface area contributed by atoms with Crippen molar-refractivity contribution >= 4 is 5.97 Å². The zero-order chi connectivity index (χ0) is 12.4. The molecule has 2 aromatic rings. The average Bonchev–Trinajstić information content (AvgIpc) is 2.67. The standard InChI is InChI=1S/C10H10N4O3/c1-13-6-11-12-8(13)5-14-3-2-7(10(16)17)4-9(14)15/h2-4,6H,5H2,1H3,(H,16,17). The molecule has 1 N–H and O–H groups in total. The molecular weight excluding hydrogens is 224 g/mol. The number of pyridine rings is 1. The molecule has 0 atom stereocenters. The lowest BCUT2D eigenvalue weighted by atomic mass is 10.3. The minimum absolute atomic E-state index is 0.0239. The smallest absolute Gasteiger partial charge is 0.335 e. The van der Waals surface area contributed by atoms with Crippen molar-refractivity contribution in [1.82, 2.24) is 19.3 Å². The summed E-state index contributed by atoms with van der Waals surface area (Å²) < 4.78 is 3.06. The summed E-state index contributed by atoms with van der Waals surface area (Å²) in [7, 11) is 1.77. The number of carbonyl (C=O) groups is 1. The Morgan fingerprint density at radius 2 is 2.29 bits per heavy atom. The van der Waals surface area contributed by atoms with Gasteiger partial charge in [-0.05, 0) is 6.07 Å². The van der Waals surface area contributed by atoms with Crippen LogP contribution in [0.25, 0.3) is 0 Å². The van der Waals surface area contributed by atoms with Crippen molar-refractivity contribution in [3.05, 3.63) is 46.4 Å². The number of aryl methyl sites for hydroxylation is 1. The van der Waals surface area contributed by atoms with Gasteiger partial charge in [0.25, 0.3) is 5.56 Å². The van der Waals surface area contributed by atoms with E-state index in [1.165, 1.54) is 23.2 Å². The van der Waals surface area contributed by atoms with Gasteiger partial charge in [-0.15, -0.1) is 10.2 Å². The van der Waals surface area contributed by atoms with Crippen LogP contribution in [0.5, 0.6) is 0 Å². The molecule has 0 radical (unpaired) electrons. The summed E-state index contributed by atoms with van der Waals surface area (Å²) in [6.07, 6.45) is 2.96. The topological polar surface area (TPSA) is 90.0 Å². The van der Waals surface area contributed by atoms with Gasteiger partial charge in [-0.25, -0.2) is 4.79 Å². The average molecular weight is 234 g/mol. The van der Waals surface area contributed by atoms with Gasteiger partial charge in [-0.2, -0.15) is 0 Å². The van der Waals surface area contributed by atoms with Gasteiger partial charge in [-0.1, -0.05) is 0 Å². The molecule has 2 rings (SSSR count). The summed E-state index contributed by atoms with van der Waals surface area (Å²) in [6.45, 7) is 0.259. The molecule has 0 bridgehead atoms. The molecule has 2 heterocycles. The molecule has 0 unspecified atom stereocenters. The van der Waals surface area contributed by atoms with Crippen LogP contribution in [0.2, 0.25) is 0 Å². The van der Waals surface area contributed by atoms with E-state index in [-0.39, 0.29) is 17.7 Å². The number of aromatic carboxylic acids is 1. The fourth-order valence-electron chi connectivity index (χ4n) is 1.37. The predicted molar refractivity (Wildman–Crippen MR) is 57.8 cm³/mol. The fourth-order valence-corrected chi connectivity index (χ4v) is 1.37. The minimum atomic E-state index is -1.12. The van der Waals surface area contributed by atoms with E-state index in [9.17, 15) is 9.59 Å². The molecule has 0 aromatic carbocycles. The zero-order valence-electron chi connectivity index (χ0n) is 9.07. The molecule has 0 saturated heterocycles. The molecule has 0 aliphatic rings. The lowest BCUT2D eigenvalue weighted by Gasteiger charge is -2.04. The summed E-state index contributed by atoms with van der Waals surface area (Å²) in [5, 5.41) is 16.3. The number of hydrogen-bond donors (Lipinski definition) is 1. The van der Waals surface area contributed by atoms with Crippen LogP contribution in [-0.2, 0) is 13.6 Å². The Labute approximate surface area is 96.0 Å². The highest BCUT2D eigenvalue weighted by atomic mass is 16.4. The second-order valence-electron chi connectivity index (χ2n) is 3.54. The molecule has 0 aliphatic carbocycles. The van der Waals surface area contributed by atoms with Crippen LogP contribution in [0.3, 0.4) is 0 Å². The van der Waals surface area contributed by atoms with Crippen LogP contribution < -0.4 is 5.56 Å². The van der Waals surface area contributed by atoms with E-state index in [1.807, 2.05) is 0 Å². The highest BCUT2D eigenvalue weighted by Gasteiger charge is 2.07. The van der Waals surface area contributed by atoms with Gasteiger partial charge in [0.05, 0.1) is 12.1 Å². The highest BCUT2D eigenvalue weighted by molar-refractivity contribution is 5.87. The normalized spacial score (nSPS) is 10.4. The van der Waals surface area contributed by atoms with E-state index in [0.717, 1.165) is 6.07 Å². The Balaban J connectivity index is 2.32. The molecule has 0 fully saturated rings. The molecule has 0 spiro atoms. The van der Waals surface area contributed by atoms with E-state index >= 15 is 0 Å². The summed E-state index contributed by atoms with van der Waals surface area (Å²) in [6, 6.07) is 2.46. The second kappa shape index (κ2) is 4.20. The first-order chi connectivity index (χ1) is 8.08. The maximum atomic E-state index is 11.6. The van der Waals surface area contributed by atoms with Gasteiger partial charge in [0.2, 0.25) is 0 Å². The molecule has 0 aliphatic heterocycles. The van der Waals surface area contributed by atoms with Crippen molar-refractivity contribution in [2.45, 2.75) is 6.54 Å². The van der Waals surface area contributed by atoms with Gasteiger partial charge in [0, 0.05) is 19.3 Å². The zero-order valence-corrected chi connectivity index (χ0v) is 9.07. The lowest BCUT2D eigenvalue weighted by Crippen LogP contribution is -2.22. The van der Waals surface area contributed by atoms with Crippen molar-refractivity contribution < 1.29 is 9.90 Å². The first kappa shape index (κ1) is 11.1. The van der Waals surface area contributed by atoms with Gasteiger partial charge in [0.15, 0.2) is 5.82 Å². The third-order valence-electron chi connectivity index (χ3n) is 2.36. The fraction of sp³-hybridized carbons (Fsp3) is 0.200. The predicted octanol–water partition coefficient (Wildman–Crippen LogP) is -0.277. The Bertz CT molecular complexity index is 614. The second-order valence-corrected chi connectivity index (χ2v) is 3.54. The monoisotopic (exact) mass is 234 g/mol. The molecule has 7 nitrogen and oxygen atoms in total. The molecule has 7 heteroatoms. The summed E-state index contributed by atoms with van der Waals surface area (Å²) in [5.74, 6) is -0.497. The van der Waals surface area contributed by atoms with Crippen molar-refractivity contribution in [2.24, 2.45) is 7.05 Å². The highest BCUT2D eigenvalue weighted by Crippen LogP contribution is 1.98. The van der Waals surface area contributed by atoms with Gasteiger partial charge in [0.1, 0.15) is 6.33 Å². The third kappa shape index (κ3) is 2.22. The first-order valence-electron chi connectivity index (χ1n) is 4.84. The first-order valence-corrected chi connectivity index (χ1v) is 4.84. The quantitative estimate of drug-likeness (QED) is 0.789. The Morgan fingerprint density at radius 1 is 1.53 bits per heavy atom. The number of rotatable bonds is 3. The third-order valence-corrected chi connectivity index (χ3v) is 2.36. The minimum Gasteiger partial charge on any atom is -0.478 e. The van der Waals surface area contributed by atoms with E-state index in [4.69, 9.17) is 5.11 Å². The molecular formula is C10H10N4O3. The van der Waals surface area contributed by atoms with Crippen molar-refractivity contribution in [1.29, 1.82) is 0 Å². The maximum Gasteiger partial charge on any atom is 0.335 e. The molecule has 2 aromatic heterocycles. The van der Waals surface area contributed by atoms with Gasteiger partial charge in [-0.3, -0.25) is 4.79 Å². The van der Waals surface area contributed by atoms with E-state index in [2.05, 4.69) is 10.2 Å². The number of hydrogen-bond acceptors (Lipinski definition) is 4. The maximum absolute atomic E-state index is 11.6. The van der Waals surface area contributed by atoms with Crippen LogP contribution in [0.15, 0.2) is 29.5 Å². The van der Waals surface area contributed by atoms with Gasteiger partial charge < -0.3 is 14.2 Å². The summed E-state index contributed by atoms with van der Waals surface area (Å²) in [5.41, 5.74) is -0.405. The number of nitrogens with zero attached hydrogens (tertiary/aromatic N) is 4. The van der Waals surface area contributed by atoms with Crippen molar-refractivity contribution in [3.8, 4) is 0 Å². The van der Waals surface area contributed by atoms with Gasteiger partial charge >= 0.3 is 5.97 Å².